The van der Waals surface area contributed by atoms with Crippen LogP contribution in [0, 0.1) is 13.8 Å². The van der Waals surface area contributed by atoms with Crippen LogP contribution < -0.4 is 5.32 Å². The number of hydrogen-bond donors (Lipinski definition) is 1. The van der Waals surface area contributed by atoms with Crippen molar-refractivity contribution in [2.24, 2.45) is 0 Å². The van der Waals surface area contributed by atoms with E-state index in [1.807, 2.05) is 0 Å². The highest BCUT2D eigenvalue weighted by Crippen LogP contribution is 2.25. The van der Waals surface area contributed by atoms with Gasteiger partial charge in [-0.2, -0.15) is 0 Å². The van der Waals surface area contributed by atoms with E-state index in [1.54, 1.807) is 11.3 Å². The maximum Gasteiger partial charge on any atom is 0.0900 e. The Bertz CT molecular complexity index is 320. The van der Waals surface area contributed by atoms with Crippen LogP contribution in [0.25, 0.3) is 0 Å². The van der Waals surface area contributed by atoms with Gasteiger partial charge in [0.25, 0.3) is 0 Å². The lowest BCUT2D eigenvalue weighted by Crippen LogP contribution is -2.46. The Kier molecular flexibility index (Phi) is 2.85. The van der Waals surface area contributed by atoms with Crippen molar-refractivity contribution in [2.75, 3.05) is 13.2 Å². The van der Waals surface area contributed by atoms with Crippen molar-refractivity contribution in [3.05, 3.63) is 15.6 Å². The van der Waals surface area contributed by atoms with Crippen LogP contribution in [0.5, 0.6) is 0 Å². The summed E-state index contributed by atoms with van der Waals surface area (Å²) in [6.45, 7) is 8.02. The zero-order chi connectivity index (χ0) is 10.1. The van der Waals surface area contributed by atoms with Crippen LogP contribution in [0.1, 0.15) is 28.5 Å². The molecule has 1 atom stereocenters. The normalized spacial score (nSPS) is 19.4. The molecule has 14 heavy (non-hydrogen) atoms. The fraction of sp³-hybridized carbons (Fsp3) is 0.700. The molecule has 4 heteroatoms. The van der Waals surface area contributed by atoms with Gasteiger partial charge < -0.3 is 10.1 Å². The average Bonchev–Trinajstić information content (AvgIpc) is 2.37. The van der Waals surface area contributed by atoms with Gasteiger partial charge in [-0.1, -0.05) is 0 Å². The first-order chi connectivity index (χ1) is 6.66. The summed E-state index contributed by atoms with van der Waals surface area (Å²) in [6.07, 6.45) is 0. The van der Waals surface area contributed by atoms with E-state index in [-0.39, 0.29) is 0 Å². The first-order valence-electron chi connectivity index (χ1n) is 4.94. The number of nitrogens with one attached hydrogen (secondary N) is 1. The average molecular weight is 212 g/mol. The lowest BCUT2D eigenvalue weighted by molar-refractivity contribution is -0.00913. The van der Waals surface area contributed by atoms with E-state index in [4.69, 9.17) is 4.74 Å². The zero-order valence-electron chi connectivity index (χ0n) is 8.83. The summed E-state index contributed by atoms with van der Waals surface area (Å²) in [5, 5.41) is 4.68. The van der Waals surface area contributed by atoms with Gasteiger partial charge in [0.1, 0.15) is 0 Å². The maximum atomic E-state index is 5.13. The van der Waals surface area contributed by atoms with Crippen molar-refractivity contribution < 1.29 is 4.74 Å². The fourth-order valence-corrected chi connectivity index (χ4v) is 2.65. The number of thiazole rings is 1. The third-order valence-electron chi connectivity index (χ3n) is 2.46. The highest BCUT2D eigenvalue weighted by atomic mass is 32.1. The molecule has 1 fully saturated rings. The molecule has 1 N–H and O–H groups in total. The van der Waals surface area contributed by atoms with Gasteiger partial charge in [0.15, 0.2) is 0 Å². The van der Waals surface area contributed by atoms with E-state index >= 15 is 0 Å². The number of aryl methyl sites for hydroxylation is 2. The highest BCUT2D eigenvalue weighted by Gasteiger charge is 2.22. The fourth-order valence-electron chi connectivity index (χ4n) is 1.71. The van der Waals surface area contributed by atoms with E-state index in [1.165, 1.54) is 4.88 Å². The molecule has 0 aliphatic carbocycles. The summed E-state index contributed by atoms with van der Waals surface area (Å²) in [6, 6.07) is 0.932. The summed E-state index contributed by atoms with van der Waals surface area (Å²) in [5.74, 6) is 0. The lowest BCUT2D eigenvalue weighted by atomic mass is 10.2. The molecule has 0 bridgehead atoms. The Morgan fingerprint density at radius 2 is 2.21 bits per heavy atom. The largest absolute Gasteiger partial charge is 0.378 e. The molecule has 3 nitrogen and oxygen atoms in total. The van der Waals surface area contributed by atoms with Crippen molar-refractivity contribution >= 4 is 11.3 Å². The van der Waals surface area contributed by atoms with Crippen LogP contribution in [0.4, 0.5) is 0 Å². The number of aromatic nitrogens is 1. The van der Waals surface area contributed by atoms with E-state index in [9.17, 15) is 0 Å². The first-order valence-corrected chi connectivity index (χ1v) is 5.76. The second-order valence-corrected chi connectivity index (χ2v) is 5.04. The number of ether oxygens (including phenoxy) is 1. The van der Waals surface area contributed by atoms with Crippen molar-refractivity contribution in [2.45, 2.75) is 32.9 Å². The molecule has 0 amide bonds. The molecule has 0 saturated carbocycles. The zero-order valence-corrected chi connectivity index (χ0v) is 9.65. The second kappa shape index (κ2) is 3.96. The molecule has 0 spiro atoms. The first kappa shape index (κ1) is 10.1. The summed E-state index contributed by atoms with van der Waals surface area (Å²) in [7, 11) is 0. The van der Waals surface area contributed by atoms with Crippen LogP contribution in [-0.2, 0) is 4.74 Å². The van der Waals surface area contributed by atoms with Crippen molar-refractivity contribution in [3.8, 4) is 0 Å². The molecule has 1 aromatic heterocycles. The van der Waals surface area contributed by atoms with Crippen LogP contribution >= 0.6 is 11.3 Å². The van der Waals surface area contributed by atoms with Gasteiger partial charge in [-0.25, -0.2) is 4.98 Å². The van der Waals surface area contributed by atoms with Gasteiger partial charge in [0, 0.05) is 10.9 Å². The SMILES string of the molecule is Cc1nc(C)c(C(C)NC2COC2)s1. The molecule has 0 radical (unpaired) electrons. The summed E-state index contributed by atoms with van der Waals surface area (Å²) in [5.41, 5.74) is 1.16. The van der Waals surface area contributed by atoms with Gasteiger partial charge in [0.2, 0.25) is 0 Å². The Morgan fingerprint density at radius 1 is 1.50 bits per heavy atom. The standard InChI is InChI=1S/C10H16N2OS/c1-6-10(14-8(3)11-6)7(2)12-9-4-13-5-9/h7,9,12H,4-5H2,1-3H3. The van der Waals surface area contributed by atoms with Gasteiger partial charge in [-0.05, 0) is 20.8 Å². The van der Waals surface area contributed by atoms with Crippen LogP contribution in [0.3, 0.4) is 0 Å². The van der Waals surface area contributed by atoms with Crippen molar-refractivity contribution in [3.63, 3.8) is 0 Å². The third-order valence-corrected chi connectivity index (χ3v) is 3.71. The summed E-state index contributed by atoms with van der Waals surface area (Å²) < 4.78 is 5.13. The molecule has 1 saturated heterocycles. The number of rotatable bonds is 3. The minimum absolute atomic E-state index is 0.398. The smallest absolute Gasteiger partial charge is 0.0900 e. The lowest BCUT2D eigenvalue weighted by Gasteiger charge is -2.29. The van der Waals surface area contributed by atoms with Gasteiger partial charge in [-0.3, -0.25) is 0 Å². The monoisotopic (exact) mass is 212 g/mol. The number of hydrogen-bond acceptors (Lipinski definition) is 4. The van der Waals surface area contributed by atoms with E-state index in [2.05, 4.69) is 31.1 Å². The van der Waals surface area contributed by atoms with Crippen LogP contribution in [-0.4, -0.2) is 24.2 Å². The van der Waals surface area contributed by atoms with E-state index < -0.39 is 0 Å². The predicted octanol–water partition coefficient (Wildman–Crippen LogP) is 1.81. The maximum absolute atomic E-state index is 5.13. The van der Waals surface area contributed by atoms with Crippen molar-refractivity contribution in [1.82, 2.24) is 10.3 Å². The third kappa shape index (κ3) is 1.97. The Balaban J connectivity index is 2.02. The van der Waals surface area contributed by atoms with Crippen molar-refractivity contribution in [1.29, 1.82) is 0 Å². The minimum Gasteiger partial charge on any atom is -0.378 e. The second-order valence-electron chi connectivity index (χ2n) is 3.81. The molecule has 2 heterocycles. The van der Waals surface area contributed by atoms with E-state index in [0.717, 1.165) is 23.9 Å². The summed E-state index contributed by atoms with van der Waals surface area (Å²) >= 11 is 1.78. The van der Waals surface area contributed by atoms with Crippen LogP contribution in [0.2, 0.25) is 0 Å². The predicted molar refractivity (Wildman–Crippen MR) is 57.7 cm³/mol. The van der Waals surface area contributed by atoms with Gasteiger partial charge >= 0.3 is 0 Å². The highest BCUT2D eigenvalue weighted by molar-refractivity contribution is 7.11. The molecule has 1 aromatic rings. The Hall–Kier alpha value is -0.450. The van der Waals surface area contributed by atoms with Gasteiger partial charge in [0.05, 0.1) is 30.0 Å². The Labute approximate surface area is 88.5 Å². The van der Waals surface area contributed by atoms with Gasteiger partial charge in [-0.15, -0.1) is 11.3 Å². The van der Waals surface area contributed by atoms with E-state index in [0.29, 0.717) is 12.1 Å². The molecule has 78 valence electrons. The minimum atomic E-state index is 0.398. The molecular formula is C10H16N2OS. The molecular weight excluding hydrogens is 196 g/mol. The van der Waals surface area contributed by atoms with Crippen LogP contribution in [0.15, 0.2) is 0 Å². The quantitative estimate of drug-likeness (QED) is 0.829. The summed E-state index contributed by atoms with van der Waals surface area (Å²) in [4.78, 5) is 5.79. The molecule has 1 unspecified atom stereocenters. The molecule has 1 aliphatic rings. The topological polar surface area (TPSA) is 34.2 Å². The molecule has 0 aromatic carbocycles. The molecule has 1 aliphatic heterocycles. The number of nitrogens with zero attached hydrogens (tertiary/aromatic N) is 1. The molecule has 2 rings (SSSR count). The Morgan fingerprint density at radius 3 is 2.64 bits per heavy atom.